The summed E-state index contributed by atoms with van der Waals surface area (Å²) < 4.78 is 0. The molecular formula is C14H24N4. The van der Waals surface area contributed by atoms with Crippen molar-refractivity contribution in [2.24, 2.45) is 5.92 Å². The molecule has 1 N–H and O–H groups in total. The van der Waals surface area contributed by atoms with Gasteiger partial charge in [-0.15, -0.1) is 0 Å². The summed E-state index contributed by atoms with van der Waals surface area (Å²) in [5, 5.41) is 3.54. The number of rotatable bonds is 5. The molecule has 4 nitrogen and oxygen atoms in total. The molecule has 2 rings (SSSR count). The zero-order chi connectivity index (χ0) is 12.8. The van der Waals surface area contributed by atoms with Gasteiger partial charge < -0.3 is 5.32 Å². The second-order valence-corrected chi connectivity index (χ2v) is 5.15. The monoisotopic (exact) mass is 248 g/mol. The van der Waals surface area contributed by atoms with Gasteiger partial charge in [0.25, 0.3) is 0 Å². The van der Waals surface area contributed by atoms with Crippen molar-refractivity contribution in [1.82, 2.24) is 20.2 Å². The summed E-state index contributed by atoms with van der Waals surface area (Å²) in [4.78, 5) is 11.1. The van der Waals surface area contributed by atoms with Crippen LogP contribution in [0.3, 0.4) is 0 Å². The highest BCUT2D eigenvalue weighted by atomic mass is 15.2. The summed E-state index contributed by atoms with van der Waals surface area (Å²) in [5.74, 6) is 1.69. The topological polar surface area (TPSA) is 41.0 Å². The first-order chi connectivity index (χ1) is 8.79. The van der Waals surface area contributed by atoms with Gasteiger partial charge in [0, 0.05) is 25.0 Å². The van der Waals surface area contributed by atoms with E-state index in [9.17, 15) is 0 Å². The van der Waals surface area contributed by atoms with Crippen LogP contribution >= 0.6 is 0 Å². The summed E-state index contributed by atoms with van der Waals surface area (Å²) in [5.41, 5.74) is 0. The van der Waals surface area contributed by atoms with Crippen LogP contribution in [0.1, 0.15) is 32.5 Å². The summed E-state index contributed by atoms with van der Waals surface area (Å²) >= 11 is 0. The van der Waals surface area contributed by atoms with Gasteiger partial charge in [0.1, 0.15) is 5.82 Å². The van der Waals surface area contributed by atoms with E-state index in [1.54, 1.807) is 0 Å². The van der Waals surface area contributed by atoms with E-state index in [1.165, 1.54) is 19.4 Å². The first-order valence-electron chi connectivity index (χ1n) is 7.01. The molecule has 100 valence electrons. The number of hydrogen-bond acceptors (Lipinski definition) is 4. The molecule has 2 heterocycles. The SMILES string of the molecule is CCNC(C)C1CCCN(Cc2ncccn2)C1. The lowest BCUT2D eigenvalue weighted by Crippen LogP contribution is -2.44. The molecule has 1 aliphatic heterocycles. The minimum Gasteiger partial charge on any atom is -0.314 e. The molecule has 0 bridgehead atoms. The van der Waals surface area contributed by atoms with Gasteiger partial charge in [0.15, 0.2) is 0 Å². The van der Waals surface area contributed by atoms with Crippen molar-refractivity contribution in [3.05, 3.63) is 24.3 Å². The molecule has 1 aliphatic rings. The molecule has 1 aromatic heterocycles. The third kappa shape index (κ3) is 3.75. The molecule has 0 spiro atoms. The smallest absolute Gasteiger partial charge is 0.142 e. The molecule has 1 saturated heterocycles. The lowest BCUT2D eigenvalue weighted by Gasteiger charge is -2.35. The van der Waals surface area contributed by atoms with Crippen molar-refractivity contribution < 1.29 is 0 Å². The Morgan fingerprint density at radius 1 is 1.44 bits per heavy atom. The Hall–Kier alpha value is -1.00. The van der Waals surface area contributed by atoms with Gasteiger partial charge in [0.05, 0.1) is 6.54 Å². The Labute approximate surface area is 110 Å². The van der Waals surface area contributed by atoms with Crippen LogP contribution < -0.4 is 5.32 Å². The predicted molar refractivity (Wildman–Crippen MR) is 73.2 cm³/mol. The highest BCUT2D eigenvalue weighted by molar-refractivity contribution is 4.90. The molecule has 0 radical (unpaired) electrons. The van der Waals surface area contributed by atoms with E-state index in [1.807, 2.05) is 18.5 Å². The quantitative estimate of drug-likeness (QED) is 0.861. The number of aromatic nitrogens is 2. The molecule has 0 saturated carbocycles. The van der Waals surface area contributed by atoms with Gasteiger partial charge in [-0.2, -0.15) is 0 Å². The maximum atomic E-state index is 4.31. The molecule has 1 fully saturated rings. The third-order valence-corrected chi connectivity index (χ3v) is 3.76. The Kier molecular flexibility index (Phi) is 5.08. The van der Waals surface area contributed by atoms with Gasteiger partial charge in [0.2, 0.25) is 0 Å². The first-order valence-corrected chi connectivity index (χ1v) is 7.01. The van der Waals surface area contributed by atoms with Crippen molar-refractivity contribution in [3.63, 3.8) is 0 Å². The third-order valence-electron chi connectivity index (χ3n) is 3.76. The molecule has 2 atom stereocenters. The fourth-order valence-electron chi connectivity index (χ4n) is 2.74. The van der Waals surface area contributed by atoms with Gasteiger partial charge in [-0.3, -0.25) is 4.90 Å². The average molecular weight is 248 g/mol. The highest BCUT2D eigenvalue weighted by Crippen LogP contribution is 2.20. The van der Waals surface area contributed by atoms with Crippen molar-refractivity contribution in [2.45, 2.75) is 39.3 Å². The zero-order valence-electron chi connectivity index (χ0n) is 11.5. The van der Waals surface area contributed by atoms with E-state index < -0.39 is 0 Å². The first kappa shape index (κ1) is 13.4. The van der Waals surface area contributed by atoms with Gasteiger partial charge in [-0.05, 0) is 44.8 Å². The Balaban J connectivity index is 1.87. The Bertz CT molecular complexity index is 341. The lowest BCUT2D eigenvalue weighted by atomic mass is 9.91. The summed E-state index contributed by atoms with van der Waals surface area (Å²) in [7, 11) is 0. The lowest BCUT2D eigenvalue weighted by molar-refractivity contribution is 0.142. The van der Waals surface area contributed by atoms with Crippen molar-refractivity contribution in [3.8, 4) is 0 Å². The van der Waals surface area contributed by atoms with Crippen molar-refractivity contribution in [2.75, 3.05) is 19.6 Å². The zero-order valence-corrected chi connectivity index (χ0v) is 11.5. The maximum absolute atomic E-state index is 4.31. The number of nitrogens with zero attached hydrogens (tertiary/aromatic N) is 3. The standard InChI is InChI=1S/C14H24N4/c1-3-15-12(2)13-6-4-9-18(10-13)11-14-16-7-5-8-17-14/h5,7-8,12-13,15H,3-4,6,9-11H2,1-2H3. The number of piperidine rings is 1. The molecule has 0 amide bonds. The summed E-state index contributed by atoms with van der Waals surface area (Å²) in [6.07, 6.45) is 6.27. The molecule has 1 aromatic rings. The molecule has 18 heavy (non-hydrogen) atoms. The van der Waals surface area contributed by atoms with Crippen LogP contribution in [0.15, 0.2) is 18.5 Å². The van der Waals surface area contributed by atoms with E-state index in [4.69, 9.17) is 0 Å². The minimum absolute atomic E-state index is 0.606. The van der Waals surface area contributed by atoms with Crippen molar-refractivity contribution >= 4 is 0 Å². The van der Waals surface area contributed by atoms with Crippen LogP contribution in [-0.4, -0.2) is 40.5 Å². The van der Waals surface area contributed by atoms with Gasteiger partial charge in [-0.25, -0.2) is 9.97 Å². The second kappa shape index (κ2) is 6.81. The fraction of sp³-hybridized carbons (Fsp3) is 0.714. The number of likely N-dealkylation sites (tertiary alicyclic amines) is 1. The fourth-order valence-corrected chi connectivity index (χ4v) is 2.74. The highest BCUT2D eigenvalue weighted by Gasteiger charge is 2.24. The van der Waals surface area contributed by atoms with Crippen LogP contribution in [0.2, 0.25) is 0 Å². The molecule has 0 aromatic carbocycles. The van der Waals surface area contributed by atoms with E-state index in [2.05, 4.69) is 34.0 Å². The molecule has 4 heteroatoms. The van der Waals surface area contributed by atoms with E-state index in [0.29, 0.717) is 6.04 Å². The number of hydrogen-bond donors (Lipinski definition) is 1. The Morgan fingerprint density at radius 3 is 2.94 bits per heavy atom. The van der Waals surface area contributed by atoms with E-state index in [-0.39, 0.29) is 0 Å². The second-order valence-electron chi connectivity index (χ2n) is 5.15. The number of nitrogens with one attached hydrogen (secondary N) is 1. The predicted octanol–water partition coefficient (Wildman–Crippen LogP) is 1.69. The minimum atomic E-state index is 0.606. The van der Waals surface area contributed by atoms with Crippen LogP contribution in [0, 0.1) is 5.92 Å². The van der Waals surface area contributed by atoms with E-state index >= 15 is 0 Å². The largest absolute Gasteiger partial charge is 0.314 e. The maximum Gasteiger partial charge on any atom is 0.142 e. The summed E-state index contributed by atoms with van der Waals surface area (Å²) in [6.45, 7) is 8.75. The van der Waals surface area contributed by atoms with Crippen molar-refractivity contribution in [1.29, 1.82) is 0 Å². The van der Waals surface area contributed by atoms with Crippen LogP contribution in [0.25, 0.3) is 0 Å². The average Bonchev–Trinajstić information content (AvgIpc) is 2.40. The molecular weight excluding hydrogens is 224 g/mol. The van der Waals surface area contributed by atoms with E-state index in [0.717, 1.165) is 31.4 Å². The molecule has 2 unspecified atom stereocenters. The normalized spacial score (nSPS) is 22.9. The van der Waals surface area contributed by atoms with Gasteiger partial charge >= 0.3 is 0 Å². The Morgan fingerprint density at radius 2 is 2.22 bits per heavy atom. The van der Waals surface area contributed by atoms with Crippen LogP contribution in [-0.2, 0) is 6.54 Å². The van der Waals surface area contributed by atoms with Crippen LogP contribution in [0.4, 0.5) is 0 Å². The van der Waals surface area contributed by atoms with Gasteiger partial charge in [-0.1, -0.05) is 6.92 Å². The van der Waals surface area contributed by atoms with Crippen LogP contribution in [0.5, 0.6) is 0 Å². The molecule has 0 aliphatic carbocycles. The summed E-state index contributed by atoms with van der Waals surface area (Å²) in [6, 6.07) is 2.48.